The minimum atomic E-state index is 0. The lowest BCUT2D eigenvalue weighted by molar-refractivity contribution is -0.670. The van der Waals surface area contributed by atoms with E-state index in [0.29, 0.717) is 6.54 Å². The van der Waals surface area contributed by atoms with Crippen LogP contribution in [-0.2, 0) is 6.54 Å². The number of carbonyl (C=O) groups excluding carboxylic acids is 1. The topological polar surface area (TPSA) is 33.0 Å². The molecule has 5 heteroatoms. The van der Waals surface area contributed by atoms with Crippen molar-refractivity contribution in [3.63, 3.8) is 0 Å². The zero-order chi connectivity index (χ0) is 17.1. The van der Waals surface area contributed by atoms with E-state index in [1.54, 1.807) is 11.3 Å². The van der Waals surface area contributed by atoms with Gasteiger partial charge in [0.25, 0.3) is 0 Å². The lowest BCUT2D eigenvalue weighted by atomic mass is 10.0. The van der Waals surface area contributed by atoms with Crippen molar-refractivity contribution in [3.05, 3.63) is 76.3 Å². The largest absolute Gasteiger partial charge is 1.00 e. The zero-order valence-corrected chi connectivity index (χ0v) is 16.9. The second-order valence-corrected chi connectivity index (χ2v) is 6.86. The van der Waals surface area contributed by atoms with Crippen molar-refractivity contribution in [2.75, 3.05) is 5.32 Å². The van der Waals surface area contributed by atoms with E-state index in [2.05, 4.69) is 16.8 Å². The molecule has 0 aliphatic rings. The molecule has 0 spiro atoms. The third-order valence-corrected chi connectivity index (χ3v) is 5.03. The number of para-hydroxylation sites is 1. The summed E-state index contributed by atoms with van der Waals surface area (Å²) in [6.07, 6.45) is 0. The van der Waals surface area contributed by atoms with Crippen LogP contribution in [0.1, 0.15) is 27.2 Å². The molecule has 3 nitrogen and oxygen atoms in total. The maximum Gasteiger partial charge on any atom is 0.339 e. The van der Waals surface area contributed by atoms with Gasteiger partial charge in [-0.05, 0) is 38.5 Å². The number of nitrogens with one attached hydrogen (secondary N) is 1. The molecule has 0 radical (unpaired) electrons. The number of halogens is 1. The first-order valence-corrected chi connectivity index (χ1v) is 8.83. The van der Waals surface area contributed by atoms with E-state index in [1.807, 2.05) is 67.8 Å². The highest BCUT2D eigenvalue weighted by molar-refractivity contribution is 7.13. The van der Waals surface area contributed by atoms with Crippen molar-refractivity contribution >= 4 is 27.9 Å². The van der Waals surface area contributed by atoms with Crippen LogP contribution in [0.2, 0.25) is 0 Å². The van der Waals surface area contributed by atoms with E-state index >= 15 is 0 Å². The lowest BCUT2D eigenvalue weighted by Crippen LogP contribution is -3.00. The third kappa shape index (κ3) is 4.55. The maximum absolute atomic E-state index is 12.8. The standard InChI is InChI=1S/C20H20N2OS.BrH/c1-14-9-10-18(15(2)11-14)19(23)12-22-16(3)13-24-20(22)21-17-7-5-4-6-8-17;/h4-11,13H,12H2,1-3H3;1H. The van der Waals surface area contributed by atoms with Crippen LogP contribution >= 0.6 is 11.3 Å². The predicted molar refractivity (Wildman–Crippen MR) is 99.2 cm³/mol. The molecule has 0 aliphatic heterocycles. The summed E-state index contributed by atoms with van der Waals surface area (Å²) in [5.74, 6) is 0.134. The van der Waals surface area contributed by atoms with Crippen LogP contribution in [-0.4, -0.2) is 5.78 Å². The van der Waals surface area contributed by atoms with Gasteiger partial charge in [0.2, 0.25) is 5.78 Å². The summed E-state index contributed by atoms with van der Waals surface area (Å²) in [6.45, 7) is 6.41. The highest BCUT2D eigenvalue weighted by Crippen LogP contribution is 2.20. The predicted octanol–water partition coefficient (Wildman–Crippen LogP) is 1.59. The third-order valence-electron chi connectivity index (χ3n) is 4.02. The van der Waals surface area contributed by atoms with Crippen molar-refractivity contribution in [2.45, 2.75) is 27.3 Å². The zero-order valence-electron chi connectivity index (χ0n) is 14.5. The van der Waals surface area contributed by atoms with Crippen molar-refractivity contribution < 1.29 is 26.3 Å². The molecule has 2 aromatic carbocycles. The monoisotopic (exact) mass is 416 g/mol. The summed E-state index contributed by atoms with van der Waals surface area (Å²) in [5, 5.41) is 6.44. The van der Waals surface area contributed by atoms with Crippen molar-refractivity contribution in [3.8, 4) is 0 Å². The number of thiazole rings is 1. The summed E-state index contributed by atoms with van der Waals surface area (Å²) in [7, 11) is 0. The molecule has 1 aromatic heterocycles. The fourth-order valence-electron chi connectivity index (χ4n) is 2.72. The van der Waals surface area contributed by atoms with Gasteiger partial charge < -0.3 is 17.0 Å². The molecule has 1 heterocycles. The number of rotatable bonds is 5. The summed E-state index contributed by atoms with van der Waals surface area (Å²) in [5.41, 5.74) is 5.11. The molecule has 0 aliphatic carbocycles. The first-order valence-electron chi connectivity index (χ1n) is 7.95. The van der Waals surface area contributed by atoms with Gasteiger partial charge >= 0.3 is 5.13 Å². The van der Waals surface area contributed by atoms with Crippen LogP contribution in [0.15, 0.2) is 53.9 Å². The number of aromatic nitrogens is 1. The van der Waals surface area contributed by atoms with Gasteiger partial charge in [0.15, 0.2) is 6.54 Å². The van der Waals surface area contributed by atoms with Crippen molar-refractivity contribution in [1.29, 1.82) is 0 Å². The Kier molecular flexibility index (Phi) is 6.51. The van der Waals surface area contributed by atoms with E-state index in [4.69, 9.17) is 0 Å². The highest BCUT2D eigenvalue weighted by atomic mass is 79.9. The van der Waals surface area contributed by atoms with E-state index in [-0.39, 0.29) is 22.8 Å². The maximum atomic E-state index is 12.8. The lowest BCUT2D eigenvalue weighted by Gasteiger charge is -2.07. The quantitative estimate of drug-likeness (QED) is 0.505. The first-order chi connectivity index (χ1) is 11.5. The number of nitrogens with zero attached hydrogens (tertiary/aromatic N) is 1. The van der Waals surface area contributed by atoms with Gasteiger partial charge in [-0.25, -0.2) is 9.88 Å². The minimum Gasteiger partial charge on any atom is -1.00 e. The van der Waals surface area contributed by atoms with Gasteiger partial charge in [-0.15, -0.1) is 0 Å². The number of hydrogen-bond acceptors (Lipinski definition) is 3. The van der Waals surface area contributed by atoms with E-state index in [1.165, 1.54) is 5.56 Å². The van der Waals surface area contributed by atoms with Crippen molar-refractivity contribution in [1.82, 2.24) is 0 Å². The Hall–Kier alpha value is -1.98. The summed E-state index contributed by atoms with van der Waals surface area (Å²) in [4.78, 5) is 12.8. The molecule has 0 amide bonds. The number of hydrogen-bond donors (Lipinski definition) is 1. The number of ketones is 1. The van der Waals surface area contributed by atoms with Gasteiger partial charge in [0.05, 0.1) is 0 Å². The number of carbonyl (C=O) groups is 1. The molecule has 1 N–H and O–H groups in total. The second-order valence-electron chi connectivity index (χ2n) is 6.00. The van der Waals surface area contributed by atoms with Gasteiger partial charge in [-0.2, -0.15) is 0 Å². The van der Waals surface area contributed by atoms with Gasteiger partial charge in [-0.3, -0.25) is 4.79 Å². The van der Waals surface area contributed by atoms with E-state index < -0.39 is 0 Å². The van der Waals surface area contributed by atoms with Gasteiger partial charge in [0, 0.05) is 10.9 Å². The molecule has 0 bridgehead atoms. The molecule has 3 rings (SSSR count). The summed E-state index contributed by atoms with van der Waals surface area (Å²) < 4.78 is 2.04. The molecule has 25 heavy (non-hydrogen) atoms. The molecule has 3 aromatic rings. The van der Waals surface area contributed by atoms with E-state index in [0.717, 1.165) is 27.6 Å². The molecular formula is C20H21BrN2OS. The summed E-state index contributed by atoms with van der Waals surface area (Å²) in [6, 6.07) is 16.0. The Balaban J connectivity index is 0.00000225. The fourth-order valence-corrected chi connectivity index (χ4v) is 3.64. The Bertz CT molecular complexity index is 875. The Labute approximate surface area is 163 Å². The van der Waals surface area contributed by atoms with Gasteiger partial charge in [-0.1, -0.05) is 53.3 Å². The molecule has 130 valence electrons. The summed E-state index contributed by atoms with van der Waals surface area (Å²) >= 11 is 1.61. The van der Waals surface area contributed by atoms with Crippen LogP contribution in [0.4, 0.5) is 10.8 Å². The first kappa shape index (κ1) is 19.3. The normalized spacial score (nSPS) is 10.2. The molecule has 0 atom stereocenters. The Morgan fingerprint density at radius 3 is 2.48 bits per heavy atom. The van der Waals surface area contributed by atoms with E-state index in [9.17, 15) is 4.79 Å². The molecular weight excluding hydrogens is 396 g/mol. The average Bonchev–Trinajstić information content (AvgIpc) is 2.89. The number of benzene rings is 2. The van der Waals surface area contributed by atoms with Crippen LogP contribution in [0, 0.1) is 20.8 Å². The Morgan fingerprint density at radius 2 is 1.80 bits per heavy atom. The molecule has 0 saturated heterocycles. The molecule has 0 fully saturated rings. The number of anilines is 2. The smallest absolute Gasteiger partial charge is 0.339 e. The second kappa shape index (κ2) is 8.41. The Morgan fingerprint density at radius 1 is 1.08 bits per heavy atom. The SMILES string of the molecule is Cc1ccc(C(=O)C[n+]2c(C)csc2Nc2ccccc2)c(C)c1.[Br-]. The van der Waals surface area contributed by atoms with Crippen LogP contribution in [0.3, 0.4) is 0 Å². The van der Waals surface area contributed by atoms with Crippen LogP contribution in [0.25, 0.3) is 0 Å². The fraction of sp³-hybridized carbons (Fsp3) is 0.200. The number of aryl methyl sites for hydroxylation is 3. The minimum absolute atomic E-state index is 0. The van der Waals surface area contributed by atoms with Crippen LogP contribution in [0.5, 0.6) is 0 Å². The molecule has 0 saturated carbocycles. The number of Topliss-reactive ketones (excluding diaryl/α,β-unsaturated/α-hetero) is 1. The average molecular weight is 417 g/mol. The van der Waals surface area contributed by atoms with Gasteiger partial charge in [0.1, 0.15) is 11.4 Å². The van der Waals surface area contributed by atoms with Crippen molar-refractivity contribution in [2.24, 2.45) is 0 Å². The highest BCUT2D eigenvalue weighted by Gasteiger charge is 2.20. The molecule has 0 unspecified atom stereocenters. The van der Waals surface area contributed by atoms with Crippen LogP contribution < -0.4 is 26.9 Å².